The van der Waals surface area contributed by atoms with E-state index in [1.54, 1.807) is 18.4 Å². The Morgan fingerprint density at radius 2 is 2.35 bits per heavy atom. The fourth-order valence-electron chi connectivity index (χ4n) is 1.88. The minimum atomic E-state index is 0.328. The predicted octanol–water partition coefficient (Wildman–Crippen LogP) is 3.23. The van der Waals surface area contributed by atoms with Gasteiger partial charge in [-0.25, -0.2) is 4.98 Å². The Morgan fingerprint density at radius 3 is 2.95 bits per heavy atom. The van der Waals surface area contributed by atoms with Crippen molar-refractivity contribution in [3.05, 3.63) is 33.0 Å². The molecule has 2 aromatic rings. The topological polar surface area (TPSA) is 42.4 Å². The van der Waals surface area contributed by atoms with E-state index in [2.05, 4.69) is 34.3 Å². The van der Waals surface area contributed by atoms with Gasteiger partial charge >= 0.3 is 0 Å². The lowest BCUT2D eigenvalue weighted by atomic mass is 10.2. The number of aromatic nitrogens is 1. The summed E-state index contributed by atoms with van der Waals surface area (Å²) >= 11 is 3.18. The third-order valence-corrected chi connectivity index (χ3v) is 5.16. The van der Waals surface area contributed by atoms with Crippen molar-refractivity contribution in [2.75, 3.05) is 19.1 Å². The summed E-state index contributed by atoms with van der Waals surface area (Å²) in [5.74, 6) is 0. The average Bonchev–Trinajstić information content (AvgIpc) is 3.07. The summed E-state index contributed by atoms with van der Waals surface area (Å²) in [7, 11) is 3.62. The lowest BCUT2D eigenvalue weighted by Crippen LogP contribution is -2.30. The maximum atomic E-state index is 11.1. The number of hydrogen-bond donors (Lipinski definition) is 0. The molecule has 108 valence electrons. The van der Waals surface area contributed by atoms with Crippen molar-refractivity contribution >= 4 is 34.1 Å². The maximum absolute atomic E-state index is 11.1. The van der Waals surface area contributed by atoms with E-state index < -0.39 is 0 Å². The van der Waals surface area contributed by atoms with Crippen LogP contribution < -0.4 is 4.90 Å². The van der Waals surface area contributed by atoms with E-state index in [-0.39, 0.29) is 0 Å². The summed E-state index contributed by atoms with van der Waals surface area (Å²) in [6, 6.07) is 4.54. The van der Waals surface area contributed by atoms with Crippen molar-refractivity contribution < 1.29 is 9.53 Å². The van der Waals surface area contributed by atoms with Crippen LogP contribution >= 0.6 is 22.7 Å². The molecule has 0 N–H and O–H groups in total. The number of thiazole rings is 1. The van der Waals surface area contributed by atoms with Crippen LogP contribution in [0.2, 0.25) is 0 Å². The third-order valence-electron chi connectivity index (χ3n) is 3.14. The highest BCUT2D eigenvalue weighted by Gasteiger charge is 2.18. The van der Waals surface area contributed by atoms with Gasteiger partial charge in [-0.05, 0) is 18.4 Å². The fraction of sp³-hybridized carbons (Fsp3) is 0.429. The van der Waals surface area contributed by atoms with E-state index in [4.69, 9.17) is 4.74 Å². The van der Waals surface area contributed by atoms with Gasteiger partial charge in [0.1, 0.15) is 0 Å². The summed E-state index contributed by atoms with van der Waals surface area (Å²) in [6.07, 6.45) is 1.83. The Hall–Kier alpha value is -1.24. The minimum Gasteiger partial charge on any atom is -0.378 e. The van der Waals surface area contributed by atoms with Gasteiger partial charge in [-0.2, -0.15) is 0 Å². The molecule has 0 amide bonds. The molecule has 0 fully saturated rings. The van der Waals surface area contributed by atoms with Crippen LogP contribution in [0.25, 0.3) is 0 Å². The van der Waals surface area contributed by atoms with Gasteiger partial charge in [-0.15, -0.1) is 11.3 Å². The highest BCUT2D eigenvalue weighted by atomic mass is 32.1. The zero-order valence-corrected chi connectivity index (χ0v) is 13.5. The number of methoxy groups -OCH3 is 1. The molecule has 0 aliphatic rings. The number of aldehydes is 1. The molecule has 2 aromatic heterocycles. The number of carbonyl (C=O) groups is 1. The molecule has 2 heterocycles. The van der Waals surface area contributed by atoms with E-state index in [0.717, 1.165) is 23.5 Å². The predicted molar refractivity (Wildman–Crippen MR) is 84.1 cm³/mol. The lowest BCUT2D eigenvalue weighted by Gasteiger charge is -2.23. The van der Waals surface area contributed by atoms with E-state index in [9.17, 15) is 4.79 Å². The molecule has 1 unspecified atom stereocenters. The standard InChI is InChI=1S/C14H18N2O2S2/c1-10(7-11-5-4-6-19-11)16(2)14-15-12(9-18-3)13(8-17)20-14/h4-6,8,10H,7,9H2,1-3H3. The molecule has 4 nitrogen and oxygen atoms in total. The monoisotopic (exact) mass is 310 g/mol. The molecular weight excluding hydrogens is 292 g/mol. The summed E-state index contributed by atoms with van der Waals surface area (Å²) in [5, 5.41) is 2.95. The second-order valence-electron chi connectivity index (χ2n) is 4.60. The summed E-state index contributed by atoms with van der Waals surface area (Å²) in [4.78, 5) is 19.7. The van der Waals surface area contributed by atoms with Gasteiger partial charge in [0.15, 0.2) is 11.4 Å². The Bertz CT molecular complexity index is 552. The molecule has 0 bridgehead atoms. The van der Waals surface area contributed by atoms with Crippen LogP contribution in [0, 0.1) is 0 Å². The highest BCUT2D eigenvalue weighted by Crippen LogP contribution is 2.27. The first-order valence-corrected chi connectivity index (χ1v) is 8.04. The van der Waals surface area contributed by atoms with Gasteiger partial charge in [0.25, 0.3) is 0 Å². The number of carbonyl (C=O) groups excluding carboxylic acids is 1. The van der Waals surface area contributed by atoms with Gasteiger partial charge in [-0.1, -0.05) is 17.4 Å². The van der Waals surface area contributed by atoms with Crippen molar-refractivity contribution in [1.29, 1.82) is 0 Å². The first-order valence-electron chi connectivity index (χ1n) is 6.34. The number of nitrogens with zero attached hydrogens (tertiary/aromatic N) is 2. The Morgan fingerprint density at radius 1 is 1.55 bits per heavy atom. The number of likely N-dealkylation sites (N-methyl/N-ethyl adjacent to an activating group) is 1. The van der Waals surface area contributed by atoms with Gasteiger partial charge < -0.3 is 9.64 Å². The van der Waals surface area contributed by atoms with E-state index in [1.807, 2.05) is 7.05 Å². The number of anilines is 1. The van der Waals surface area contributed by atoms with Crippen molar-refractivity contribution in [3.8, 4) is 0 Å². The largest absolute Gasteiger partial charge is 0.378 e. The quantitative estimate of drug-likeness (QED) is 0.736. The van der Waals surface area contributed by atoms with Crippen LogP contribution in [0.1, 0.15) is 27.2 Å². The van der Waals surface area contributed by atoms with Gasteiger partial charge in [0, 0.05) is 31.5 Å². The van der Waals surface area contributed by atoms with Crippen molar-refractivity contribution in [2.45, 2.75) is 26.0 Å². The van der Waals surface area contributed by atoms with E-state index in [0.29, 0.717) is 17.5 Å². The molecule has 1 atom stereocenters. The summed E-state index contributed by atoms with van der Waals surface area (Å²) < 4.78 is 5.08. The van der Waals surface area contributed by atoms with Crippen LogP contribution in [-0.4, -0.2) is 31.5 Å². The number of thiophene rings is 1. The molecule has 0 saturated carbocycles. The van der Waals surface area contributed by atoms with Gasteiger partial charge in [0.2, 0.25) is 0 Å². The molecule has 0 aliphatic heterocycles. The zero-order chi connectivity index (χ0) is 14.5. The van der Waals surface area contributed by atoms with Gasteiger partial charge in [0.05, 0.1) is 17.2 Å². The van der Waals surface area contributed by atoms with Crippen LogP contribution in [0.5, 0.6) is 0 Å². The molecule has 0 aromatic carbocycles. The Kier molecular flexibility index (Phi) is 5.28. The first-order chi connectivity index (χ1) is 9.65. The highest BCUT2D eigenvalue weighted by molar-refractivity contribution is 7.17. The molecule has 6 heteroatoms. The van der Waals surface area contributed by atoms with E-state index in [1.165, 1.54) is 16.2 Å². The Balaban J connectivity index is 2.11. The number of ether oxygens (including phenoxy) is 1. The van der Waals surface area contributed by atoms with E-state index >= 15 is 0 Å². The number of hydrogen-bond acceptors (Lipinski definition) is 6. The van der Waals surface area contributed by atoms with Crippen molar-refractivity contribution in [3.63, 3.8) is 0 Å². The second kappa shape index (κ2) is 6.97. The van der Waals surface area contributed by atoms with Crippen molar-refractivity contribution in [2.24, 2.45) is 0 Å². The SMILES string of the molecule is COCc1nc(N(C)C(C)Cc2cccs2)sc1C=O. The first kappa shape index (κ1) is 15.2. The van der Waals surface area contributed by atoms with Crippen LogP contribution in [0.15, 0.2) is 17.5 Å². The number of rotatable bonds is 7. The van der Waals surface area contributed by atoms with Gasteiger partial charge in [-0.3, -0.25) is 4.79 Å². The van der Waals surface area contributed by atoms with Crippen LogP contribution in [0.3, 0.4) is 0 Å². The van der Waals surface area contributed by atoms with Crippen LogP contribution in [0.4, 0.5) is 5.13 Å². The third kappa shape index (κ3) is 3.45. The smallest absolute Gasteiger partial charge is 0.186 e. The molecule has 0 radical (unpaired) electrons. The minimum absolute atomic E-state index is 0.328. The average molecular weight is 310 g/mol. The summed E-state index contributed by atoms with van der Waals surface area (Å²) in [6.45, 7) is 2.54. The van der Waals surface area contributed by atoms with Crippen LogP contribution in [-0.2, 0) is 17.8 Å². The summed E-state index contributed by atoms with van der Waals surface area (Å²) in [5.41, 5.74) is 0.720. The fourth-order valence-corrected chi connectivity index (χ4v) is 3.65. The molecule has 20 heavy (non-hydrogen) atoms. The lowest BCUT2D eigenvalue weighted by molar-refractivity contribution is 0.112. The Labute approximate surface area is 127 Å². The zero-order valence-electron chi connectivity index (χ0n) is 11.8. The van der Waals surface area contributed by atoms with Crippen molar-refractivity contribution in [1.82, 2.24) is 4.98 Å². The maximum Gasteiger partial charge on any atom is 0.186 e. The second-order valence-corrected chi connectivity index (χ2v) is 6.64. The molecule has 0 saturated heterocycles. The molecular formula is C14H18N2O2S2. The normalized spacial score (nSPS) is 12.3. The molecule has 2 rings (SSSR count). The molecule has 0 spiro atoms. The molecule has 0 aliphatic carbocycles.